The normalized spacial score (nSPS) is 17.7. The van der Waals surface area contributed by atoms with Crippen LogP contribution in [-0.2, 0) is 4.79 Å². The summed E-state index contributed by atoms with van der Waals surface area (Å²) in [4.78, 5) is 11.5. The minimum absolute atomic E-state index is 0.413. The Labute approximate surface area is 93.1 Å². The fourth-order valence-electron chi connectivity index (χ4n) is 2.01. The molecule has 86 valence electrons. The summed E-state index contributed by atoms with van der Waals surface area (Å²) in [6, 6.07) is 0. The van der Waals surface area contributed by atoms with E-state index in [4.69, 9.17) is 0 Å². The topological polar surface area (TPSA) is 29.1 Å². The lowest BCUT2D eigenvalue weighted by Gasteiger charge is -2.22. The molecule has 0 amide bonds. The summed E-state index contributed by atoms with van der Waals surface area (Å²) < 4.78 is 0. The molecular weight excluding hydrogens is 186 g/mol. The second-order valence-corrected chi connectivity index (χ2v) is 4.73. The molecule has 0 unspecified atom stereocenters. The van der Waals surface area contributed by atoms with Gasteiger partial charge >= 0.3 is 0 Å². The molecule has 2 heteroatoms. The van der Waals surface area contributed by atoms with E-state index in [0.717, 1.165) is 43.8 Å². The number of hydrogen-bond donors (Lipinski definition) is 1. The second kappa shape index (κ2) is 6.78. The van der Waals surface area contributed by atoms with Gasteiger partial charge in [0.05, 0.1) is 0 Å². The number of carbonyl (C=O) groups excluding carboxylic acids is 1. The van der Waals surface area contributed by atoms with Crippen LogP contribution in [0, 0.1) is 5.92 Å². The second-order valence-electron chi connectivity index (χ2n) is 4.73. The summed E-state index contributed by atoms with van der Waals surface area (Å²) in [6.45, 7) is 8.06. The Balaban J connectivity index is 2.07. The average molecular weight is 209 g/mol. The van der Waals surface area contributed by atoms with Crippen molar-refractivity contribution in [1.82, 2.24) is 5.32 Å². The standard InChI is InChI=1S/C13H23NO/c1-11(2)3-5-13(15)6-4-12-7-9-14-10-8-12/h12,14H,1,3-10H2,2H3. The molecule has 0 atom stereocenters. The lowest BCUT2D eigenvalue weighted by atomic mass is 9.91. The average Bonchev–Trinajstić information content (AvgIpc) is 2.25. The van der Waals surface area contributed by atoms with E-state index in [1.54, 1.807) is 0 Å². The van der Waals surface area contributed by atoms with Crippen LogP contribution >= 0.6 is 0 Å². The predicted octanol–water partition coefficient (Wildman–Crippen LogP) is 2.69. The first kappa shape index (κ1) is 12.4. The Kier molecular flexibility index (Phi) is 5.62. The van der Waals surface area contributed by atoms with E-state index < -0.39 is 0 Å². The summed E-state index contributed by atoms with van der Waals surface area (Å²) in [7, 11) is 0. The van der Waals surface area contributed by atoms with Crippen LogP contribution in [0.4, 0.5) is 0 Å². The molecule has 0 spiro atoms. The molecule has 2 nitrogen and oxygen atoms in total. The number of Topliss-reactive ketones (excluding diaryl/α,β-unsaturated/α-hetero) is 1. The fraction of sp³-hybridized carbons (Fsp3) is 0.769. The molecule has 0 aliphatic carbocycles. The van der Waals surface area contributed by atoms with Crippen LogP contribution in [0.2, 0.25) is 0 Å². The molecule has 0 bridgehead atoms. The lowest BCUT2D eigenvalue weighted by molar-refractivity contribution is -0.119. The van der Waals surface area contributed by atoms with Gasteiger partial charge < -0.3 is 5.32 Å². The molecule has 1 aliphatic heterocycles. The molecule has 0 aromatic heterocycles. The Morgan fingerprint density at radius 2 is 1.93 bits per heavy atom. The highest BCUT2D eigenvalue weighted by molar-refractivity contribution is 5.78. The van der Waals surface area contributed by atoms with Crippen LogP contribution in [0.25, 0.3) is 0 Å². The van der Waals surface area contributed by atoms with Crippen molar-refractivity contribution in [1.29, 1.82) is 0 Å². The number of allylic oxidation sites excluding steroid dienone is 1. The first-order chi connectivity index (χ1) is 7.18. The maximum absolute atomic E-state index is 11.5. The van der Waals surface area contributed by atoms with E-state index in [1.165, 1.54) is 12.8 Å². The van der Waals surface area contributed by atoms with E-state index in [9.17, 15) is 4.79 Å². The van der Waals surface area contributed by atoms with Crippen LogP contribution < -0.4 is 5.32 Å². The molecule has 15 heavy (non-hydrogen) atoms. The van der Waals surface area contributed by atoms with Crippen molar-refractivity contribution in [2.75, 3.05) is 13.1 Å². The van der Waals surface area contributed by atoms with Gasteiger partial charge in [0, 0.05) is 12.8 Å². The fourth-order valence-corrected chi connectivity index (χ4v) is 2.01. The van der Waals surface area contributed by atoms with E-state index >= 15 is 0 Å². The maximum Gasteiger partial charge on any atom is 0.133 e. The van der Waals surface area contributed by atoms with Crippen molar-refractivity contribution < 1.29 is 4.79 Å². The van der Waals surface area contributed by atoms with E-state index in [0.29, 0.717) is 12.2 Å². The molecule has 1 N–H and O–H groups in total. The highest BCUT2D eigenvalue weighted by Crippen LogP contribution is 2.18. The first-order valence-corrected chi connectivity index (χ1v) is 6.05. The van der Waals surface area contributed by atoms with Crippen molar-refractivity contribution in [2.45, 2.75) is 45.4 Å². The zero-order valence-electron chi connectivity index (χ0n) is 9.85. The van der Waals surface area contributed by atoms with Gasteiger partial charge in [0.25, 0.3) is 0 Å². The number of hydrogen-bond acceptors (Lipinski definition) is 2. The largest absolute Gasteiger partial charge is 0.317 e. The third-order valence-corrected chi connectivity index (χ3v) is 3.12. The minimum atomic E-state index is 0.413. The first-order valence-electron chi connectivity index (χ1n) is 6.05. The Hall–Kier alpha value is -0.630. The van der Waals surface area contributed by atoms with Gasteiger partial charge in [-0.05, 0) is 51.6 Å². The van der Waals surface area contributed by atoms with E-state index in [1.807, 2.05) is 6.92 Å². The van der Waals surface area contributed by atoms with Gasteiger partial charge in [-0.2, -0.15) is 0 Å². The maximum atomic E-state index is 11.5. The zero-order chi connectivity index (χ0) is 11.1. The summed E-state index contributed by atoms with van der Waals surface area (Å²) in [5.74, 6) is 1.19. The summed E-state index contributed by atoms with van der Waals surface area (Å²) >= 11 is 0. The Morgan fingerprint density at radius 3 is 2.53 bits per heavy atom. The van der Waals surface area contributed by atoms with Gasteiger partial charge in [0.15, 0.2) is 0 Å². The predicted molar refractivity (Wildman–Crippen MR) is 63.9 cm³/mol. The third kappa shape index (κ3) is 5.73. The van der Waals surface area contributed by atoms with Crippen LogP contribution in [0.15, 0.2) is 12.2 Å². The lowest BCUT2D eigenvalue weighted by Crippen LogP contribution is -2.27. The molecule has 1 heterocycles. The zero-order valence-corrected chi connectivity index (χ0v) is 9.85. The molecule has 1 rings (SSSR count). The molecule has 0 aromatic carbocycles. The molecular formula is C13H23NO. The number of ketones is 1. The molecule has 1 aliphatic rings. The third-order valence-electron chi connectivity index (χ3n) is 3.12. The highest BCUT2D eigenvalue weighted by Gasteiger charge is 2.14. The monoisotopic (exact) mass is 209 g/mol. The van der Waals surface area contributed by atoms with E-state index in [-0.39, 0.29) is 0 Å². The smallest absolute Gasteiger partial charge is 0.133 e. The van der Waals surface area contributed by atoms with Crippen molar-refractivity contribution in [2.24, 2.45) is 5.92 Å². The minimum Gasteiger partial charge on any atom is -0.317 e. The quantitative estimate of drug-likeness (QED) is 0.681. The number of rotatable bonds is 6. The SMILES string of the molecule is C=C(C)CCC(=O)CCC1CCNCC1. The van der Waals surface area contributed by atoms with Gasteiger partial charge in [0.2, 0.25) is 0 Å². The molecule has 0 saturated carbocycles. The van der Waals surface area contributed by atoms with Crippen molar-refractivity contribution in [3.63, 3.8) is 0 Å². The molecule has 0 aromatic rings. The van der Waals surface area contributed by atoms with Crippen LogP contribution in [0.1, 0.15) is 45.4 Å². The molecule has 1 fully saturated rings. The van der Waals surface area contributed by atoms with Crippen molar-refractivity contribution in [3.05, 3.63) is 12.2 Å². The summed E-state index contributed by atoms with van der Waals surface area (Å²) in [6.07, 6.45) is 5.92. The van der Waals surface area contributed by atoms with Crippen molar-refractivity contribution in [3.8, 4) is 0 Å². The number of carbonyl (C=O) groups is 1. The summed E-state index contributed by atoms with van der Waals surface area (Å²) in [5.41, 5.74) is 1.12. The van der Waals surface area contributed by atoms with Crippen molar-refractivity contribution >= 4 is 5.78 Å². The van der Waals surface area contributed by atoms with Crippen LogP contribution in [0.3, 0.4) is 0 Å². The van der Waals surface area contributed by atoms with Gasteiger partial charge in [-0.1, -0.05) is 5.57 Å². The van der Waals surface area contributed by atoms with E-state index in [2.05, 4.69) is 11.9 Å². The Bertz CT molecular complexity index is 217. The molecule has 1 saturated heterocycles. The van der Waals surface area contributed by atoms with Crippen LogP contribution in [0.5, 0.6) is 0 Å². The van der Waals surface area contributed by atoms with Gasteiger partial charge in [0.1, 0.15) is 5.78 Å². The van der Waals surface area contributed by atoms with Gasteiger partial charge in [-0.3, -0.25) is 4.79 Å². The molecule has 0 radical (unpaired) electrons. The Morgan fingerprint density at radius 1 is 1.27 bits per heavy atom. The van der Waals surface area contributed by atoms with Gasteiger partial charge in [-0.15, -0.1) is 6.58 Å². The van der Waals surface area contributed by atoms with Gasteiger partial charge in [-0.25, -0.2) is 0 Å². The van der Waals surface area contributed by atoms with Crippen LogP contribution in [-0.4, -0.2) is 18.9 Å². The highest BCUT2D eigenvalue weighted by atomic mass is 16.1. The number of nitrogens with one attached hydrogen (secondary N) is 1. The number of piperidine rings is 1. The summed E-state index contributed by atoms with van der Waals surface area (Å²) in [5, 5.41) is 3.35.